The van der Waals surface area contributed by atoms with Gasteiger partial charge in [-0.3, -0.25) is 9.69 Å². The minimum atomic E-state index is -0.140. The lowest BCUT2D eigenvalue weighted by atomic mass is 9.86. The van der Waals surface area contributed by atoms with Crippen LogP contribution in [-0.2, 0) is 0 Å². The van der Waals surface area contributed by atoms with E-state index in [1.807, 2.05) is 14.1 Å². The van der Waals surface area contributed by atoms with Crippen LogP contribution in [0.3, 0.4) is 0 Å². The second kappa shape index (κ2) is 5.93. The maximum absolute atomic E-state index is 12.8. The Hall–Kier alpha value is -1.79. The van der Waals surface area contributed by atoms with E-state index in [9.17, 15) is 4.79 Å². The number of nitrogens with zero attached hydrogens (tertiary/aromatic N) is 3. The highest BCUT2D eigenvalue weighted by Crippen LogP contribution is 2.32. The summed E-state index contributed by atoms with van der Waals surface area (Å²) in [5.41, 5.74) is 1.55. The number of oxazole rings is 1. The van der Waals surface area contributed by atoms with Crippen LogP contribution in [0.5, 0.6) is 0 Å². The SMILES string of the molecule is CN(C)c1nc2c(C(=O)N[C@@H]3CC4CCN3CC4)cc(Cl)cc2o1. The summed E-state index contributed by atoms with van der Waals surface area (Å²) in [5.74, 6) is 0.589. The third kappa shape index (κ3) is 2.74. The Balaban J connectivity index is 1.64. The van der Waals surface area contributed by atoms with Crippen molar-refractivity contribution in [2.75, 3.05) is 32.1 Å². The molecule has 2 aromatic rings. The molecule has 7 heteroatoms. The molecule has 0 unspecified atom stereocenters. The lowest BCUT2D eigenvalue weighted by Gasteiger charge is -2.45. The van der Waals surface area contributed by atoms with Crippen molar-refractivity contribution in [1.29, 1.82) is 0 Å². The quantitative estimate of drug-likeness (QED) is 0.924. The number of carbonyl (C=O) groups is 1. The molecule has 128 valence electrons. The predicted molar refractivity (Wildman–Crippen MR) is 93.5 cm³/mol. The van der Waals surface area contributed by atoms with Crippen molar-refractivity contribution in [1.82, 2.24) is 15.2 Å². The van der Waals surface area contributed by atoms with Gasteiger partial charge >= 0.3 is 0 Å². The van der Waals surface area contributed by atoms with E-state index in [1.165, 1.54) is 12.8 Å². The van der Waals surface area contributed by atoms with E-state index in [0.717, 1.165) is 25.4 Å². The zero-order valence-corrected chi connectivity index (χ0v) is 14.6. The molecule has 5 rings (SSSR count). The molecule has 3 aliphatic heterocycles. The molecular formula is C17H21ClN4O2. The lowest BCUT2D eigenvalue weighted by Crippen LogP contribution is -2.56. The number of fused-ring (bicyclic) bond motifs is 4. The summed E-state index contributed by atoms with van der Waals surface area (Å²) < 4.78 is 5.68. The van der Waals surface area contributed by atoms with Crippen LogP contribution in [-0.4, -0.2) is 49.1 Å². The second-order valence-corrected chi connectivity index (χ2v) is 7.33. The average Bonchev–Trinajstić information content (AvgIpc) is 2.99. The highest BCUT2D eigenvalue weighted by atomic mass is 35.5. The van der Waals surface area contributed by atoms with Crippen LogP contribution in [0, 0.1) is 5.92 Å². The molecule has 1 aromatic heterocycles. The Labute approximate surface area is 145 Å². The van der Waals surface area contributed by atoms with Crippen molar-refractivity contribution >= 4 is 34.6 Å². The van der Waals surface area contributed by atoms with Crippen molar-refractivity contribution in [3.05, 3.63) is 22.7 Å². The summed E-state index contributed by atoms with van der Waals surface area (Å²) in [6, 6.07) is 3.82. The number of rotatable bonds is 3. The van der Waals surface area contributed by atoms with Crippen molar-refractivity contribution in [3.8, 4) is 0 Å². The van der Waals surface area contributed by atoms with Crippen molar-refractivity contribution < 1.29 is 9.21 Å². The van der Waals surface area contributed by atoms with Crippen molar-refractivity contribution in [2.45, 2.75) is 25.4 Å². The molecule has 0 saturated carbocycles. The van der Waals surface area contributed by atoms with Gasteiger partial charge in [0.15, 0.2) is 5.58 Å². The first-order chi connectivity index (χ1) is 11.5. The summed E-state index contributed by atoms with van der Waals surface area (Å²) in [4.78, 5) is 21.4. The van der Waals surface area contributed by atoms with Gasteiger partial charge in [0.05, 0.1) is 11.7 Å². The van der Waals surface area contributed by atoms with Gasteiger partial charge in [0.25, 0.3) is 11.9 Å². The number of piperidine rings is 3. The number of aromatic nitrogens is 1. The number of anilines is 1. The first-order valence-corrected chi connectivity index (χ1v) is 8.71. The van der Waals surface area contributed by atoms with Crippen LogP contribution < -0.4 is 10.2 Å². The highest BCUT2D eigenvalue weighted by Gasteiger charge is 2.34. The molecule has 1 N–H and O–H groups in total. The zero-order valence-electron chi connectivity index (χ0n) is 13.9. The third-order valence-corrected chi connectivity index (χ3v) is 5.24. The summed E-state index contributed by atoms with van der Waals surface area (Å²) in [6.07, 6.45) is 3.61. The number of hydrogen-bond donors (Lipinski definition) is 1. The molecule has 0 radical (unpaired) electrons. The fourth-order valence-corrected chi connectivity index (χ4v) is 3.90. The van der Waals surface area contributed by atoms with E-state index >= 15 is 0 Å². The summed E-state index contributed by atoms with van der Waals surface area (Å²) in [7, 11) is 3.69. The van der Waals surface area contributed by atoms with E-state index in [0.29, 0.717) is 27.7 Å². The minimum Gasteiger partial charge on any atom is -0.423 e. The normalized spacial score (nSPS) is 25.9. The fourth-order valence-electron chi connectivity index (χ4n) is 3.69. The molecule has 0 aliphatic carbocycles. The average molecular weight is 349 g/mol. The molecule has 3 fully saturated rings. The monoisotopic (exact) mass is 348 g/mol. The maximum Gasteiger partial charge on any atom is 0.297 e. The standard InChI is InChI=1S/C17H21ClN4O2/c1-21(2)17-20-15-12(8-11(18)9-13(15)24-17)16(23)19-14-7-10-3-5-22(14)6-4-10/h8-10,14H,3-7H2,1-2H3,(H,19,23)/t14-/m0/s1. The number of hydrogen-bond acceptors (Lipinski definition) is 5. The molecule has 4 heterocycles. The van der Waals surface area contributed by atoms with Crippen LogP contribution >= 0.6 is 11.6 Å². The van der Waals surface area contributed by atoms with Crippen LogP contribution in [0.2, 0.25) is 5.02 Å². The van der Waals surface area contributed by atoms with Crippen molar-refractivity contribution in [2.24, 2.45) is 5.92 Å². The zero-order chi connectivity index (χ0) is 16.8. The number of halogens is 1. The highest BCUT2D eigenvalue weighted by molar-refractivity contribution is 6.32. The van der Waals surface area contributed by atoms with Gasteiger partial charge in [0.2, 0.25) is 0 Å². The first-order valence-electron chi connectivity index (χ1n) is 8.33. The van der Waals surface area contributed by atoms with Crippen LogP contribution in [0.25, 0.3) is 11.1 Å². The van der Waals surface area contributed by atoms with Gasteiger partial charge < -0.3 is 14.6 Å². The first kappa shape index (κ1) is 15.7. The molecule has 6 nitrogen and oxygen atoms in total. The lowest BCUT2D eigenvalue weighted by molar-refractivity contribution is 0.0295. The molecule has 24 heavy (non-hydrogen) atoms. The smallest absolute Gasteiger partial charge is 0.297 e. The summed E-state index contributed by atoms with van der Waals surface area (Å²) in [6.45, 7) is 2.13. The minimum absolute atomic E-state index is 0.110. The van der Waals surface area contributed by atoms with E-state index in [4.69, 9.17) is 16.0 Å². The molecule has 1 atom stereocenters. The molecule has 0 spiro atoms. The number of benzene rings is 1. The van der Waals surface area contributed by atoms with Gasteiger partial charge in [0, 0.05) is 38.3 Å². The third-order valence-electron chi connectivity index (χ3n) is 5.02. The second-order valence-electron chi connectivity index (χ2n) is 6.90. The Morgan fingerprint density at radius 2 is 2.12 bits per heavy atom. The van der Waals surface area contributed by atoms with Crippen LogP contribution in [0.15, 0.2) is 16.5 Å². The Morgan fingerprint density at radius 1 is 1.38 bits per heavy atom. The van der Waals surface area contributed by atoms with Gasteiger partial charge in [-0.25, -0.2) is 0 Å². The molecule has 1 amide bonds. The number of carbonyl (C=O) groups excluding carboxylic acids is 1. The van der Waals surface area contributed by atoms with Crippen LogP contribution in [0.1, 0.15) is 29.6 Å². The Morgan fingerprint density at radius 3 is 2.75 bits per heavy atom. The molecule has 1 aromatic carbocycles. The number of amides is 1. The van der Waals surface area contributed by atoms with Gasteiger partial charge in [0.1, 0.15) is 5.52 Å². The Kier molecular flexibility index (Phi) is 3.89. The predicted octanol–water partition coefficient (Wildman–Crippen LogP) is 2.72. The number of nitrogens with one attached hydrogen (secondary N) is 1. The fraction of sp³-hybridized carbons (Fsp3) is 0.529. The van der Waals surface area contributed by atoms with Gasteiger partial charge in [-0.1, -0.05) is 11.6 Å². The molecule has 3 aliphatic rings. The topological polar surface area (TPSA) is 61.6 Å². The molecule has 2 bridgehead atoms. The largest absolute Gasteiger partial charge is 0.423 e. The van der Waals surface area contributed by atoms with E-state index in [-0.39, 0.29) is 12.1 Å². The van der Waals surface area contributed by atoms with Gasteiger partial charge in [-0.15, -0.1) is 0 Å². The maximum atomic E-state index is 12.8. The summed E-state index contributed by atoms with van der Waals surface area (Å²) >= 11 is 6.17. The molecular weight excluding hydrogens is 328 g/mol. The molecule has 3 saturated heterocycles. The van der Waals surface area contributed by atoms with E-state index < -0.39 is 0 Å². The van der Waals surface area contributed by atoms with Crippen molar-refractivity contribution in [3.63, 3.8) is 0 Å². The van der Waals surface area contributed by atoms with E-state index in [1.54, 1.807) is 17.0 Å². The summed E-state index contributed by atoms with van der Waals surface area (Å²) in [5, 5.41) is 3.63. The Bertz CT molecular complexity index is 780. The van der Waals surface area contributed by atoms with E-state index in [2.05, 4.69) is 15.2 Å². The van der Waals surface area contributed by atoms with Gasteiger partial charge in [-0.05, 0) is 31.2 Å². The van der Waals surface area contributed by atoms with Gasteiger partial charge in [-0.2, -0.15) is 4.98 Å². The van der Waals surface area contributed by atoms with Crippen LogP contribution in [0.4, 0.5) is 6.01 Å².